The van der Waals surface area contributed by atoms with Crippen molar-refractivity contribution >= 4 is 17.5 Å². The monoisotopic (exact) mass is 380 g/mol. The second kappa shape index (κ2) is 7.20. The van der Waals surface area contributed by atoms with E-state index < -0.39 is 0 Å². The Hall–Kier alpha value is -2.59. The molecule has 0 saturated heterocycles. The third-order valence-electron chi connectivity index (χ3n) is 4.89. The molecule has 0 bridgehead atoms. The van der Waals surface area contributed by atoms with Crippen molar-refractivity contribution < 1.29 is 9.32 Å². The Morgan fingerprint density at radius 3 is 2.59 bits per heavy atom. The quantitative estimate of drug-likeness (QED) is 0.594. The van der Waals surface area contributed by atoms with Gasteiger partial charge in [-0.05, 0) is 62.6 Å². The SMILES string of the molecule is Cc1ccc(C)c(-c2cc(CN(C(=O)c3ccc(Cl)cc3)C3CC3)no2)c1. The van der Waals surface area contributed by atoms with E-state index in [1.807, 2.05) is 11.0 Å². The van der Waals surface area contributed by atoms with Crippen LogP contribution in [0.1, 0.15) is 40.0 Å². The van der Waals surface area contributed by atoms with Gasteiger partial charge in [-0.1, -0.05) is 34.5 Å². The number of nitrogens with zero attached hydrogens (tertiary/aromatic N) is 2. The summed E-state index contributed by atoms with van der Waals surface area (Å²) in [5, 5.41) is 4.84. The van der Waals surface area contributed by atoms with Crippen LogP contribution in [0.15, 0.2) is 53.1 Å². The van der Waals surface area contributed by atoms with Crippen LogP contribution in [0.5, 0.6) is 0 Å². The first-order chi connectivity index (χ1) is 13.0. The topological polar surface area (TPSA) is 46.3 Å². The van der Waals surface area contributed by atoms with Crippen LogP contribution in [-0.2, 0) is 6.54 Å². The van der Waals surface area contributed by atoms with Gasteiger partial charge >= 0.3 is 0 Å². The van der Waals surface area contributed by atoms with Gasteiger partial charge in [-0.2, -0.15) is 0 Å². The van der Waals surface area contributed by atoms with Crippen molar-refractivity contribution in [2.45, 2.75) is 39.3 Å². The van der Waals surface area contributed by atoms with Gasteiger partial charge in [-0.25, -0.2) is 0 Å². The zero-order valence-corrected chi connectivity index (χ0v) is 16.2. The molecule has 0 unspecified atom stereocenters. The van der Waals surface area contributed by atoms with Crippen molar-refractivity contribution in [3.63, 3.8) is 0 Å². The van der Waals surface area contributed by atoms with Gasteiger partial charge in [0.2, 0.25) is 0 Å². The minimum Gasteiger partial charge on any atom is -0.356 e. The fourth-order valence-corrected chi connectivity index (χ4v) is 3.33. The molecule has 0 radical (unpaired) electrons. The molecule has 0 aliphatic heterocycles. The number of rotatable bonds is 5. The Morgan fingerprint density at radius 2 is 1.89 bits per heavy atom. The van der Waals surface area contributed by atoms with Gasteiger partial charge in [0.25, 0.3) is 5.91 Å². The maximum Gasteiger partial charge on any atom is 0.254 e. The highest BCUT2D eigenvalue weighted by molar-refractivity contribution is 6.30. The maximum atomic E-state index is 12.9. The first kappa shape index (κ1) is 17.8. The summed E-state index contributed by atoms with van der Waals surface area (Å²) in [5.74, 6) is 0.742. The lowest BCUT2D eigenvalue weighted by Gasteiger charge is -2.21. The Morgan fingerprint density at radius 1 is 1.15 bits per heavy atom. The lowest BCUT2D eigenvalue weighted by Crippen LogP contribution is -2.32. The van der Waals surface area contributed by atoms with E-state index in [4.69, 9.17) is 16.1 Å². The highest BCUT2D eigenvalue weighted by Crippen LogP contribution is 2.31. The van der Waals surface area contributed by atoms with E-state index in [1.54, 1.807) is 24.3 Å². The maximum absolute atomic E-state index is 12.9. The van der Waals surface area contributed by atoms with Gasteiger partial charge < -0.3 is 9.42 Å². The molecule has 138 valence electrons. The smallest absolute Gasteiger partial charge is 0.254 e. The lowest BCUT2D eigenvalue weighted by atomic mass is 10.0. The summed E-state index contributed by atoms with van der Waals surface area (Å²) in [7, 11) is 0. The molecule has 4 rings (SSSR count). The number of amides is 1. The minimum absolute atomic E-state index is 0.00505. The first-order valence-corrected chi connectivity index (χ1v) is 9.49. The molecule has 1 aromatic heterocycles. The third-order valence-corrected chi connectivity index (χ3v) is 5.14. The Balaban J connectivity index is 1.56. The van der Waals surface area contributed by atoms with E-state index in [1.165, 1.54) is 5.56 Å². The number of halogens is 1. The number of benzene rings is 2. The first-order valence-electron chi connectivity index (χ1n) is 9.11. The number of carbonyl (C=O) groups excluding carboxylic acids is 1. The fraction of sp³-hybridized carbons (Fsp3) is 0.273. The molecule has 1 fully saturated rings. The summed E-state index contributed by atoms with van der Waals surface area (Å²) in [5.41, 5.74) is 4.76. The molecule has 27 heavy (non-hydrogen) atoms. The van der Waals surface area contributed by atoms with E-state index in [9.17, 15) is 4.79 Å². The molecule has 3 aromatic rings. The van der Waals surface area contributed by atoms with Crippen LogP contribution in [0.2, 0.25) is 5.02 Å². The van der Waals surface area contributed by atoms with Crippen LogP contribution in [0, 0.1) is 13.8 Å². The van der Waals surface area contributed by atoms with Gasteiger partial charge in [-0.15, -0.1) is 0 Å². The van der Waals surface area contributed by atoms with E-state index in [-0.39, 0.29) is 11.9 Å². The van der Waals surface area contributed by atoms with E-state index in [0.717, 1.165) is 35.4 Å². The molecular weight excluding hydrogens is 360 g/mol. The Bertz CT molecular complexity index is 974. The van der Waals surface area contributed by atoms with E-state index >= 15 is 0 Å². The third kappa shape index (κ3) is 3.91. The average molecular weight is 381 g/mol. The summed E-state index contributed by atoms with van der Waals surface area (Å²) < 4.78 is 5.58. The summed E-state index contributed by atoms with van der Waals surface area (Å²) in [6.07, 6.45) is 2.06. The summed E-state index contributed by atoms with van der Waals surface area (Å²) >= 11 is 5.94. The molecular formula is C22H21ClN2O2. The van der Waals surface area contributed by atoms with E-state index in [2.05, 4.69) is 37.2 Å². The Labute approximate surface area is 163 Å². The highest BCUT2D eigenvalue weighted by Gasteiger charge is 2.33. The molecule has 1 heterocycles. The van der Waals surface area contributed by atoms with Crippen molar-refractivity contribution in [3.05, 3.63) is 75.9 Å². The van der Waals surface area contributed by atoms with Crippen LogP contribution in [0.25, 0.3) is 11.3 Å². The van der Waals surface area contributed by atoms with Crippen molar-refractivity contribution in [1.29, 1.82) is 0 Å². The average Bonchev–Trinajstić information content (AvgIpc) is 3.40. The largest absolute Gasteiger partial charge is 0.356 e. The molecule has 0 atom stereocenters. The number of aryl methyl sites for hydroxylation is 2. The normalized spacial score (nSPS) is 13.6. The molecule has 5 heteroatoms. The molecule has 2 aromatic carbocycles. The second-order valence-electron chi connectivity index (χ2n) is 7.17. The predicted molar refractivity (Wildman–Crippen MR) is 106 cm³/mol. The summed E-state index contributed by atoms with van der Waals surface area (Å²) in [6.45, 7) is 4.55. The lowest BCUT2D eigenvalue weighted by molar-refractivity contribution is 0.0726. The standard InChI is InChI=1S/C22H21ClN2O2/c1-14-3-4-15(2)20(11-14)21-12-18(24-27-21)13-25(19-9-10-19)22(26)16-5-7-17(23)8-6-16/h3-8,11-12,19H,9-10,13H2,1-2H3. The van der Waals surface area contributed by atoms with Crippen molar-refractivity contribution in [2.24, 2.45) is 0 Å². The van der Waals surface area contributed by atoms with Gasteiger partial charge in [0.05, 0.1) is 6.54 Å². The second-order valence-corrected chi connectivity index (χ2v) is 7.61. The number of carbonyl (C=O) groups is 1. The highest BCUT2D eigenvalue weighted by atomic mass is 35.5. The van der Waals surface area contributed by atoms with Crippen molar-refractivity contribution in [1.82, 2.24) is 10.1 Å². The van der Waals surface area contributed by atoms with Crippen LogP contribution in [-0.4, -0.2) is 22.0 Å². The van der Waals surface area contributed by atoms with Gasteiger partial charge in [0.15, 0.2) is 5.76 Å². The van der Waals surface area contributed by atoms with Gasteiger partial charge in [-0.3, -0.25) is 4.79 Å². The zero-order valence-electron chi connectivity index (χ0n) is 15.4. The molecule has 1 saturated carbocycles. The minimum atomic E-state index is 0.00505. The van der Waals surface area contributed by atoms with Gasteiger partial charge in [0, 0.05) is 28.3 Å². The summed E-state index contributed by atoms with van der Waals surface area (Å²) in [6, 6.07) is 15.5. The molecule has 1 aliphatic rings. The van der Waals surface area contributed by atoms with Crippen molar-refractivity contribution in [3.8, 4) is 11.3 Å². The molecule has 1 aliphatic carbocycles. The van der Waals surface area contributed by atoms with Crippen molar-refractivity contribution in [2.75, 3.05) is 0 Å². The summed E-state index contributed by atoms with van der Waals surface area (Å²) in [4.78, 5) is 14.8. The molecule has 4 nitrogen and oxygen atoms in total. The van der Waals surface area contributed by atoms with Crippen LogP contribution in [0.4, 0.5) is 0 Å². The molecule has 0 spiro atoms. The predicted octanol–water partition coefficient (Wildman–Crippen LogP) is 5.42. The molecule has 0 N–H and O–H groups in total. The Kier molecular flexibility index (Phi) is 4.75. The zero-order chi connectivity index (χ0) is 19.0. The van der Waals surface area contributed by atoms with Gasteiger partial charge in [0.1, 0.15) is 5.69 Å². The number of hydrogen-bond donors (Lipinski definition) is 0. The van der Waals surface area contributed by atoms with Crippen LogP contribution in [0.3, 0.4) is 0 Å². The number of aromatic nitrogens is 1. The van der Waals surface area contributed by atoms with E-state index in [0.29, 0.717) is 17.1 Å². The fourth-order valence-electron chi connectivity index (χ4n) is 3.20. The number of hydrogen-bond acceptors (Lipinski definition) is 3. The van der Waals surface area contributed by atoms with Crippen LogP contribution >= 0.6 is 11.6 Å². The van der Waals surface area contributed by atoms with Crippen LogP contribution < -0.4 is 0 Å². The molecule has 1 amide bonds.